The highest BCUT2D eigenvalue weighted by molar-refractivity contribution is 5.82. The van der Waals surface area contributed by atoms with E-state index in [0.29, 0.717) is 5.56 Å². The number of halogens is 3. The number of alkyl halides is 3. The fourth-order valence-corrected chi connectivity index (χ4v) is 2.41. The van der Waals surface area contributed by atoms with E-state index < -0.39 is 30.8 Å². The summed E-state index contributed by atoms with van der Waals surface area (Å²) in [6.45, 7) is -1.12. The number of carbonyl (C=O) groups is 1. The van der Waals surface area contributed by atoms with Crippen molar-refractivity contribution in [2.24, 2.45) is 0 Å². The summed E-state index contributed by atoms with van der Waals surface area (Å²) in [5, 5.41) is 12.5. The van der Waals surface area contributed by atoms with Gasteiger partial charge in [-0.05, 0) is 5.56 Å². The zero-order valence-electron chi connectivity index (χ0n) is 12.4. The summed E-state index contributed by atoms with van der Waals surface area (Å²) < 4.78 is 42.8. The van der Waals surface area contributed by atoms with E-state index in [4.69, 9.17) is 4.74 Å². The van der Waals surface area contributed by atoms with Crippen molar-refractivity contribution < 1.29 is 27.8 Å². The first-order valence-corrected chi connectivity index (χ1v) is 7.26. The summed E-state index contributed by atoms with van der Waals surface area (Å²) in [7, 11) is 0. The minimum absolute atomic E-state index is 0.0405. The van der Waals surface area contributed by atoms with Gasteiger partial charge in [0.25, 0.3) is 0 Å². The Kier molecular flexibility index (Phi) is 5.97. The number of aliphatic hydroxyl groups excluding tert-OH is 1. The van der Waals surface area contributed by atoms with Crippen LogP contribution in [0.4, 0.5) is 13.2 Å². The van der Waals surface area contributed by atoms with Crippen LogP contribution in [0.3, 0.4) is 0 Å². The molecule has 0 radical (unpaired) electrons. The van der Waals surface area contributed by atoms with E-state index in [0.717, 1.165) is 4.90 Å². The molecule has 0 aliphatic carbocycles. The number of hydrogen-bond acceptors (Lipinski definition) is 4. The molecule has 1 aromatic carbocycles. The van der Waals surface area contributed by atoms with Crippen LogP contribution in [0.25, 0.3) is 0 Å². The van der Waals surface area contributed by atoms with Crippen LogP contribution in [-0.2, 0) is 9.53 Å². The number of ether oxygens (including phenoxy) is 1. The largest absolute Gasteiger partial charge is 0.401 e. The molecule has 0 saturated carbocycles. The Morgan fingerprint density at radius 3 is 2.74 bits per heavy atom. The van der Waals surface area contributed by atoms with Crippen LogP contribution < -0.4 is 5.32 Å². The zero-order chi connectivity index (χ0) is 16.9. The maximum absolute atomic E-state index is 12.6. The van der Waals surface area contributed by atoms with Gasteiger partial charge >= 0.3 is 6.18 Å². The van der Waals surface area contributed by atoms with Gasteiger partial charge in [-0.2, -0.15) is 13.2 Å². The second-order valence-corrected chi connectivity index (χ2v) is 5.35. The fourth-order valence-electron chi connectivity index (χ4n) is 2.41. The van der Waals surface area contributed by atoms with Crippen molar-refractivity contribution in [3.05, 3.63) is 35.9 Å². The minimum atomic E-state index is -4.38. The minimum Gasteiger partial charge on any atom is -0.387 e. The first-order chi connectivity index (χ1) is 10.9. The van der Waals surface area contributed by atoms with Crippen molar-refractivity contribution in [2.45, 2.75) is 18.3 Å². The SMILES string of the molecule is O=C(NC[C@H](O)c1ccccc1)[C@@H]1COCCN1CC(F)(F)F. The molecule has 2 atom stereocenters. The third kappa shape index (κ3) is 5.49. The molecule has 0 bridgehead atoms. The molecule has 0 unspecified atom stereocenters. The van der Waals surface area contributed by atoms with Gasteiger partial charge in [0.1, 0.15) is 6.04 Å². The van der Waals surface area contributed by atoms with E-state index in [1.807, 2.05) is 0 Å². The van der Waals surface area contributed by atoms with E-state index in [1.165, 1.54) is 0 Å². The smallest absolute Gasteiger partial charge is 0.387 e. The van der Waals surface area contributed by atoms with E-state index >= 15 is 0 Å². The van der Waals surface area contributed by atoms with Crippen molar-refractivity contribution in [3.8, 4) is 0 Å². The summed E-state index contributed by atoms with van der Waals surface area (Å²) in [6.07, 6.45) is -5.29. The van der Waals surface area contributed by atoms with Gasteiger partial charge in [-0.15, -0.1) is 0 Å². The Morgan fingerprint density at radius 1 is 1.39 bits per heavy atom. The highest BCUT2D eigenvalue weighted by Gasteiger charge is 2.38. The molecule has 0 spiro atoms. The summed E-state index contributed by atoms with van der Waals surface area (Å²) in [6, 6.07) is 7.70. The lowest BCUT2D eigenvalue weighted by Crippen LogP contribution is -2.56. The molecular formula is C15H19F3N2O3. The topological polar surface area (TPSA) is 61.8 Å². The summed E-state index contributed by atoms with van der Waals surface area (Å²) >= 11 is 0. The molecule has 1 aliphatic heterocycles. The molecule has 1 saturated heterocycles. The van der Waals surface area contributed by atoms with E-state index in [-0.39, 0.29) is 26.3 Å². The maximum Gasteiger partial charge on any atom is 0.401 e. The Hall–Kier alpha value is -1.64. The monoisotopic (exact) mass is 332 g/mol. The van der Waals surface area contributed by atoms with Gasteiger partial charge in [-0.3, -0.25) is 9.69 Å². The molecule has 1 heterocycles. The first-order valence-electron chi connectivity index (χ1n) is 7.26. The average molecular weight is 332 g/mol. The Morgan fingerprint density at radius 2 is 2.09 bits per heavy atom. The zero-order valence-corrected chi connectivity index (χ0v) is 12.4. The lowest BCUT2D eigenvalue weighted by atomic mass is 10.1. The predicted octanol–water partition coefficient (Wildman–Crippen LogP) is 1.10. The van der Waals surface area contributed by atoms with Crippen molar-refractivity contribution in [1.82, 2.24) is 10.2 Å². The number of hydrogen-bond donors (Lipinski definition) is 2. The number of carbonyl (C=O) groups excluding carboxylic acids is 1. The number of nitrogens with one attached hydrogen (secondary N) is 1. The molecule has 23 heavy (non-hydrogen) atoms. The molecule has 1 fully saturated rings. The van der Waals surface area contributed by atoms with Gasteiger partial charge in [0.05, 0.1) is 25.9 Å². The van der Waals surface area contributed by atoms with Gasteiger partial charge in [-0.1, -0.05) is 30.3 Å². The Balaban J connectivity index is 1.90. The van der Waals surface area contributed by atoms with Gasteiger partial charge < -0.3 is 15.2 Å². The highest BCUT2D eigenvalue weighted by atomic mass is 19.4. The summed E-state index contributed by atoms with van der Waals surface area (Å²) in [5.74, 6) is -0.580. The molecule has 128 valence electrons. The number of amides is 1. The number of aliphatic hydroxyl groups is 1. The molecule has 1 aromatic rings. The van der Waals surface area contributed by atoms with E-state index in [1.54, 1.807) is 30.3 Å². The van der Waals surface area contributed by atoms with E-state index in [2.05, 4.69) is 5.32 Å². The predicted molar refractivity (Wildman–Crippen MR) is 76.6 cm³/mol. The Labute approximate surface area is 132 Å². The Bertz CT molecular complexity index is 510. The standard InChI is InChI=1S/C15H19F3N2O3/c16-15(17,18)10-20-6-7-23-9-12(20)14(22)19-8-13(21)11-4-2-1-3-5-11/h1-5,12-13,21H,6-10H2,(H,19,22)/t12-,13-/m0/s1. The van der Waals surface area contributed by atoms with Crippen molar-refractivity contribution in [1.29, 1.82) is 0 Å². The summed E-state index contributed by atoms with van der Waals surface area (Å²) in [4.78, 5) is 13.2. The number of benzene rings is 1. The second kappa shape index (κ2) is 7.76. The maximum atomic E-state index is 12.6. The van der Waals surface area contributed by atoms with Gasteiger partial charge in [0, 0.05) is 13.1 Å². The molecule has 0 aromatic heterocycles. The van der Waals surface area contributed by atoms with Crippen molar-refractivity contribution in [2.75, 3.05) is 32.8 Å². The van der Waals surface area contributed by atoms with Crippen LogP contribution in [0.15, 0.2) is 30.3 Å². The van der Waals surface area contributed by atoms with Gasteiger partial charge in [-0.25, -0.2) is 0 Å². The molecule has 1 amide bonds. The highest BCUT2D eigenvalue weighted by Crippen LogP contribution is 2.20. The van der Waals surface area contributed by atoms with Crippen molar-refractivity contribution in [3.63, 3.8) is 0 Å². The van der Waals surface area contributed by atoms with Crippen LogP contribution in [0.5, 0.6) is 0 Å². The number of rotatable bonds is 5. The quantitative estimate of drug-likeness (QED) is 0.848. The molecular weight excluding hydrogens is 313 g/mol. The number of morpholine rings is 1. The first kappa shape index (κ1) is 17.7. The third-order valence-electron chi connectivity index (χ3n) is 3.58. The molecule has 2 N–H and O–H groups in total. The fraction of sp³-hybridized carbons (Fsp3) is 0.533. The lowest BCUT2D eigenvalue weighted by molar-refractivity contribution is -0.166. The normalized spacial score (nSPS) is 21.0. The molecule has 5 nitrogen and oxygen atoms in total. The van der Waals surface area contributed by atoms with Crippen LogP contribution in [0.1, 0.15) is 11.7 Å². The number of nitrogens with zero attached hydrogens (tertiary/aromatic N) is 1. The van der Waals surface area contributed by atoms with Crippen molar-refractivity contribution >= 4 is 5.91 Å². The lowest BCUT2D eigenvalue weighted by Gasteiger charge is -2.34. The van der Waals surface area contributed by atoms with Crippen LogP contribution in [0.2, 0.25) is 0 Å². The van der Waals surface area contributed by atoms with Gasteiger partial charge in [0.2, 0.25) is 5.91 Å². The van der Waals surface area contributed by atoms with Crippen LogP contribution >= 0.6 is 0 Å². The summed E-state index contributed by atoms with van der Waals surface area (Å²) in [5.41, 5.74) is 0.625. The second-order valence-electron chi connectivity index (χ2n) is 5.35. The van der Waals surface area contributed by atoms with Crippen LogP contribution in [0, 0.1) is 0 Å². The molecule has 2 rings (SSSR count). The van der Waals surface area contributed by atoms with E-state index in [9.17, 15) is 23.1 Å². The molecule has 8 heteroatoms. The average Bonchev–Trinajstić information content (AvgIpc) is 2.52. The van der Waals surface area contributed by atoms with Crippen LogP contribution in [-0.4, -0.2) is 61.0 Å². The van der Waals surface area contributed by atoms with Gasteiger partial charge in [0.15, 0.2) is 0 Å². The molecule has 1 aliphatic rings. The third-order valence-corrected chi connectivity index (χ3v) is 3.58.